The number of anilines is 1. The molecule has 0 saturated heterocycles. The van der Waals surface area contributed by atoms with E-state index < -0.39 is 5.97 Å². The molecule has 2 heterocycles. The lowest BCUT2D eigenvalue weighted by Crippen LogP contribution is -2.13. The highest BCUT2D eigenvalue weighted by Gasteiger charge is 2.24. The summed E-state index contributed by atoms with van der Waals surface area (Å²) in [5.74, 6) is -1.45. The lowest BCUT2D eigenvalue weighted by atomic mass is 10.0. The molecule has 0 unspecified atom stereocenters. The Morgan fingerprint density at radius 2 is 1.84 bits per heavy atom. The Morgan fingerprint density at radius 3 is 2.44 bits per heavy atom. The predicted molar refractivity (Wildman–Crippen MR) is 98.4 cm³/mol. The minimum absolute atomic E-state index is 0.114. The molecule has 3 rings (SSSR count). The number of thiophene rings is 1. The third kappa shape index (κ3) is 3.44. The molecule has 5 nitrogen and oxygen atoms in total. The number of amides is 1. The van der Waals surface area contributed by atoms with Gasteiger partial charge in [0, 0.05) is 22.8 Å². The minimum Gasteiger partial charge on any atom is -0.478 e. The van der Waals surface area contributed by atoms with Crippen LogP contribution in [0, 0.1) is 13.8 Å². The van der Waals surface area contributed by atoms with Crippen molar-refractivity contribution >= 4 is 28.2 Å². The monoisotopic (exact) mass is 352 g/mol. The smallest absolute Gasteiger partial charge is 0.339 e. The summed E-state index contributed by atoms with van der Waals surface area (Å²) in [4.78, 5) is 29.0. The zero-order chi connectivity index (χ0) is 18.0. The molecule has 0 radical (unpaired) electrons. The van der Waals surface area contributed by atoms with Gasteiger partial charge in [-0.1, -0.05) is 29.8 Å². The lowest BCUT2D eigenvalue weighted by Gasteiger charge is -2.06. The number of carboxylic acid groups (broad SMARTS) is 1. The molecule has 2 aromatic heterocycles. The molecule has 0 atom stereocenters. The molecular formula is C19H16N2O3S. The van der Waals surface area contributed by atoms with E-state index in [1.54, 1.807) is 18.3 Å². The highest BCUT2D eigenvalue weighted by Crippen LogP contribution is 2.40. The van der Waals surface area contributed by atoms with Crippen LogP contribution in [0.25, 0.3) is 11.1 Å². The van der Waals surface area contributed by atoms with Crippen LogP contribution in [0.5, 0.6) is 0 Å². The number of benzene rings is 1. The number of hydrogen-bond acceptors (Lipinski definition) is 4. The molecule has 25 heavy (non-hydrogen) atoms. The molecule has 126 valence electrons. The van der Waals surface area contributed by atoms with Crippen LogP contribution in [0.3, 0.4) is 0 Å². The maximum atomic E-state index is 12.4. The Morgan fingerprint density at radius 1 is 1.12 bits per heavy atom. The zero-order valence-electron chi connectivity index (χ0n) is 13.7. The minimum atomic E-state index is -1.07. The Bertz CT molecular complexity index is 931. The van der Waals surface area contributed by atoms with Gasteiger partial charge in [0.1, 0.15) is 10.6 Å². The molecule has 1 aromatic carbocycles. The summed E-state index contributed by atoms with van der Waals surface area (Å²) in [6.07, 6.45) is 3.02. The largest absolute Gasteiger partial charge is 0.478 e. The zero-order valence-corrected chi connectivity index (χ0v) is 14.6. The van der Waals surface area contributed by atoms with Crippen molar-refractivity contribution in [3.63, 3.8) is 0 Å². The van der Waals surface area contributed by atoms with E-state index in [-0.39, 0.29) is 11.5 Å². The Labute approximate surface area is 149 Å². The maximum absolute atomic E-state index is 12.4. The number of carbonyl (C=O) groups is 2. The van der Waals surface area contributed by atoms with Gasteiger partial charge in [-0.2, -0.15) is 0 Å². The van der Waals surface area contributed by atoms with Crippen LogP contribution < -0.4 is 5.32 Å². The topological polar surface area (TPSA) is 79.3 Å². The molecule has 2 N–H and O–H groups in total. The number of aromatic nitrogens is 1. The first-order valence-corrected chi connectivity index (χ1v) is 8.44. The molecule has 0 spiro atoms. The maximum Gasteiger partial charge on any atom is 0.339 e. The SMILES string of the molecule is Cc1ccc(-c2c(C)sc(NC(=O)c3cccnc3)c2C(=O)O)cc1. The number of carboxylic acids is 1. The van der Waals surface area contributed by atoms with Crippen molar-refractivity contribution in [2.24, 2.45) is 0 Å². The summed E-state index contributed by atoms with van der Waals surface area (Å²) >= 11 is 1.26. The first kappa shape index (κ1) is 16.9. The molecule has 1 amide bonds. The van der Waals surface area contributed by atoms with Gasteiger partial charge in [-0.3, -0.25) is 9.78 Å². The van der Waals surface area contributed by atoms with Crippen LogP contribution in [0.4, 0.5) is 5.00 Å². The van der Waals surface area contributed by atoms with Gasteiger partial charge >= 0.3 is 5.97 Å². The van der Waals surface area contributed by atoms with Gasteiger partial charge in [0.25, 0.3) is 5.91 Å². The molecular weight excluding hydrogens is 336 g/mol. The number of pyridine rings is 1. The van der Waals surface area contributed by atoms with Crippen molar-refractivity contribution in [1.29, 1.82) is 0 Å². The summed E-state index contributed by atoms with van der Waals surface area (Å²) in [5.41, 5.74) is 3.04. The second-order valence-corrected chi connectivity index (χ2v) is 6.83. The summed E-state index contributed by atoms with van der Waals surface area (Å²) in [7, 11) is 0. The normalized spacial score (nSPS) is 10.5. The van der Waals surface area contributed by atoms with E-state index in [0.717, 1.165) is 16.0 Å². The first-order valence-electron chi connectivity index (χ1n) is 7.62. The van der Waals surface area contributed by atoms with Crippen LogP contribution in [-0.4, -0.2) is 22.0 Å². The Balaban J connectivity index is 2.03. The van der Waals surface area contributed by atoms with Gasteiger partial charge in [0.05, 0.1) is 5.56 Å². The highest BCUT2D eigenvalue weighted by molar-refractivity contribution is 7.17. The summed E-state index contributed by atoms with van der Waals surface area (Å²) in [5, 5.41) is 12.7. The van der Waals surface area contributed by atoms with Crippen LogP contribution >= 0.6 is 11.3 Å². The number of hydrogen-bond donors (Lipinski definition) is 2. The van der Waals surface area contributed by atoms with E-state index in [1.807, 2.05) is 38.1 Å². The average molecular weight is 352 g/mol. The third-order valence-electron chi connectivity index (χ3n) is 3.79. The van der Waals surface area contributed by atoms with Crippen molar-refractivity contribution in [3.05, 3.63) is 70.4 Å². The first-order chi connectivity index (χ1) is 12.0. The lowest BCUT2D eigenvalue weighted by molar-refractivity contribution is 0.0699. The molecule has 0 aliphatic rings. The Hall–Kier alpha value is -2.99. The summed E-state index contributed by atoms with van der Waals surface area (Å²) in [6, 6.07) is 10.9. The number of rotatable bonds is 4. The van der Waals surface area contributed by atoms with E-state index in [1.165, 1.54) is 17.5 Å². The molecule has 6 heteroatoms. The van der Waals surface area contributed by atoms with Crippen LogP contribution in [0.2, 0.25) is 0 Å². The fourth-order valence-corrected chi connectivity index (χ4v) is 3.64. The van der Waals surface area contributed by atoms with Crippen molar-refractivity contribution < 1.29 is 14.7 Å². The van der Waals surface area contributed by atoms with Crippen molar-refractivity contribution in [3.8, 4) is 11.1 Å². The van der Waals surface area contributed by atoms with E-state index in [2.05, 4.69) is 10.3 Å². The van der Waals surface area contributed by atoms with Gasteiger partial charge in [0.2, 0.25) is 0 Å². The fourth-order valence-electron chi connectivity index (χ4n) is 2.58. The van der Waals surface area contributed by atoms with E-state index in [4.69, 9.17) is 0 Å². The summed E-state index contributed by atoms with van der Waals surface area (Å²) in [6.45, 7) is 3.83. The van der Waals surface area contributed by atoms with Crippen LogP contribution in [0.15, 0.2) is 48.8 Å². The summed E-state index contributed by atoms with van der Waals surface area (Å²) < 4.78 is 0. The van der Waals surface area contributed by atoms with Gasteiger partial charge in [0.15, 0.2) is 0 Å². The standard InChI is InChI=1S/C19H16N2O3S/c1-11-5-7-13(8-6-11)15-12(2)25-18(16(15)19(23)24)21-17(22)14-4-3-9-20-10-14/h3-10H,1-2H3,(H,21,22)(H,23,24). The van der Waals surface area contributed by atoms with E-state index in [0.29, 0.717) is 16.1 Å². The van der Waals surface area contributed by atoms with Crippen molar-refractivity contribution in [1.82, 2.24) is 4.98 Å². The van der Waals surface area contributed by atoms with Crippen LogP contribution in [0.1, 0.15) is 31.2 Å². The second kappa shape index (κ2) is 6.86. The number of nitrogens with zero attached hydrogens (tertiary/aromatic N) is 1. The third-order valence-corrected chi connectivity index (χ3v) is 4.81. The number of aryl methyl sites for hydroxylation is 2. The van der Waals surface area contributed by atoms with Crippen LogP contribution in [-0.2, 0) is 0 Å². The van der Waals surface area contributed by atoms with E-state index in [9.17, 15) is 14.7 Å². The number of carbonyl (C=O) groups excluding carboxylic acids is 1. The molecule has 0 aliphatic heterocycles. The van der Waals surface area contributed by atoms with Gasteiger partial charge in [-0.25, -0.2) is 4.79 Å². The highest BCUT2D eigenvalue weighted by atomic mass is 32.1. The van der Waals surface area contributed by atoms with Gasteiger partial charge in [-0.15, -0.1) is 11.3 Å². The average Bonchev–Trinajstić information content (AvgIpc) is 2.92. The van der Waals surface area contributed by atoms with Gasteiger partial charge < -0.3 is 10.4 Å². The molecule has 0 bridgehead atoms. The second-order valence-electron chi connectivity index (χ2n) is 5.60. The predicted octanol–water partition coefficient (Wildman–Crippen LogP) is 4.38. The quantitative estimate of drug-likeness (QED) is 0.730. The van der Waals surface area contributed by atoms with Gasteiger partial charge in [-0.05, 0) is 31.5 Å². The molecule has 0 aliphatic carbocycles. The molecule has 0 fully saturated rings. The number of nitrogens with one attached hydrogen (secondary N) is 1. The fraction of sp³-hybridized carbons (Fsp3) is 0.105. The molecule has 0 saturated carbocycles. The Kier molecular flexibility index (Phi) is 4.63. The number of aromatic carboxylic acids is 1. The van der Waals surface area contributed by atoms with Crippen molar-refractivity contribution in [2.45, 2.75) is 13.8 Å². The van der Waals surface area contributed by atoms with Crippen molar-refractivity contribution in [2.75, 3.05) is 5.32 Å². The molecule has 3 aromatic rings. The van der Waals surface area contributed by atoms with E-state index >= 15 is 0 Å².